The number of carboxylic acid groups (broad SMARTS) is 1. The molecule has 2 rings (SSSR count). The van der Waals surface area contributed by atoms with Crippen LogP contribution in [0.2, 0.25) is 15.1 Å². The first-order valence-electron chi connectivity index (χ1n) is 7.75. The van der Waals surface area contributed by atoms with E-state index < -0.39 is 24.2 Å². The quantitative estimate of drug-likeness (QED) is 0.715. The molecule has 2 aromatic carbocycles. The highest BCUT2D eigenvalue weighted by Crippen LogP contribution is 2.27. The van der Waals surface area contributed by atoms with Crippen LogP contribution in [0.3, 0.4) is 0 Å². The Bertz CT molecular complexity index is 882. The fourth-order valence-electron chi connectivity index (χ4n) is 2.26. The zero-order valence-corrected chi connectivity index (χ0v) is 16.7. The Balaban J connectivity index is 2.12. The van der Waals surface area contributed by atoms with Gasteiger partial charge in [-0.15, -0.1) is 0 Å². The van der Waals surface area contributed by atoms with Crippen molar-refractivity contribution in [3.05, 3.63) is 67.8 Å². The van der Waals surface area contributed by atoms with E-state index in [0.29, 0.717) is 10.8 Å². The number of hydrogen-bond acceptors (Lipinski definition) is 4. The summed E-state index contributed by atoms with van der Waals surface area (Å²) < 4.78 is 5.40. The number of aliphatic carboxylic acids is 1. The van der Waals surface area contributed by atoms with Gasteiger partial charge in [0.1, 0.15) is 5.75 Å². The van der Waals surface area contributed by atoms with Crippen molar-refractivity contribution in [1.82, 2.24) is 5.32 Å². The van der Waals surface area contributed by atoms with Crippen molar-refractivity contribution in [2.75, 3.05) is 6.61 Å². The second-order valence-corrected chi connectivity index (χ2v) is 6.88. The molecule has 0 spiro atoms. The van der Waals surface area contributed by atoms with Crippen LogP contribution in [0.15, 0.2) is 36.0 Å². The van der Waals surface area contributed by atoms with E-state index >= 15 is 0 Å². The van der Waals surface area contributed by atoms with Crippen molar-refractivity contribution in [3.63, 3.8) is 0 Å². The van der Waals surface area contributed by atoms with Crippen molar-refractivity contribution in [3.8, 4) is 5.75 Å². The lowest BCUT2D eigenvalue weighted by Crippen LogP contribution is -2.37. The lowest BCUT2D eigenvalue weighted by molar-refractivity contribution is -0.299. The lowest BCUT2D eigenvalue weighted by Gasteiger charge is -2.13. The number of ether oxygens (including phenoxy) is 1. The third-order valence-corrected chi connectivity index (χ3v) is 4.82. The third-order valence-electron chi connectivity index (χ3n) is 3.56. The number of benzene rings is 2. The SMILES string of the molecule is Cc1cc(OCC(=O)N/C(=C/c2c(Cl)cccc2Cl)C(=O)[O-])cc(C)c1Cl. The van der Waals surface area contributed by atoms with Gasteiger partial charge in [0.15, 0.2) is 6.61 Å². The van der Waals surface area contributed by atoms with Crippen molar-refractivity contribution < 1.29 is 19.4 Å². The van der Waals surface area contributed by atoms with E-state index in [2.05, 4.69) is 5.32 Å². The topological polar surface area (TPSA) is 78.5 Å². The zero-order chi connectivity index (χ0) is 20.1. The number of aryl methyl sites for hydroxylation is 2. The van der Waals surface area contributed by atoms with Gasteiger partial charge in [-0.3, -0.25) is 4.79 Å². The van der Waals surface area contributed by atoms with Gasteiger partial charge >= 0.3 is 0 Å². The summed E-state index contributed by atoms with van der Waals surface area (Å²) in [6, 6.07) is 8.07. The molecule has 0 heterocycles. The molecule has 5 nitrogen and oxygen atoms in total. The monoisotopic (exact) mass is 426 g/mol. The zero-order valence-electron chi connectivity index (χ0n) is 14.4. The van der Waals surface area contributed by atoms with Crippen LogP contribution >= 0.6 is 34.8 Å². The Labute approximate surface area is 171 Å². The second-order valence-electron chi connectivity index (χ2n) is 5.69. The van der Waals surface area contributed by atoms with Gasteiger partial charge in [-0.1, -0.05) is 40.9 Å². The molecule has 2 aromatic rings. The molecule has 0 saturated heterocycles. The van der Waals surface area contributed by atoms with Gasteiger partial charge in [0, 0.05) is 20.6 Å². The summed E-state index contributed by atoms with van der Waals surface area (Å²) in [5.74, 6) is -1.82. The first kappa shape index (κ1) is 21.1. The van der Waals surface area contributed by atoms with Crippen molar-refractivity contribution >= 4 is 52.8 Å². The van der Waals surface area contributed by atoms with Gasteiger partial charge in [-0.2, -0.15) is 0 Å². The summed E-state index contributed by atoms with van der Waals surface area (Å²) in [7, 11) is 0. The molecule has 0 atom stereocenters. The number of hydrogen-bond donors (Lipinski definition) is 1. The molecule has 0 fully saturated rings. The van der Waals surface area contributed by atoms with Crippen LogP contribution in [-0.4, -0.2) is 18.5 Å². The van der Waals surface area contributed by atoms with Crippen LogP contribution in [0.5, 0.6) is 5.75 Å². The average Bonchev–Trinajstić information content (AvgIpc) is 2.59. The van der Waals surface area contributed by atoms with Gasteiger partial charge in [0.2, 0.25) is 0 Å². The minimum atomic E-state index is -1.59. The minimum Gasteiger partial charge on any atom is -0.543 e. The van der Waals surface area contributed by atoms with Crippen LogP contribution < -0.4 is 15.2 Å². The van der Waals surface area contributed by atoms with Crippen LogP contribution in [0.4, 0.5) is 0 Å². The normalized spacial score (nSPS) is 11.2. The Morgan fingerprint density at radius 2 is 1.67 bits per heavy atom. The first-order valence-corrected chi connectivity index (χ1v) is 8.89. The maximum atomic E-state index is 12.1. The highest BCUT2D eigenvalue weighted by molar-refractivity contribution is 6.37. The molecule has 8 heteroatoms. The predicted octanol–water partition coefficient (Wildman–Crippen LogP) is 3.55. The smallest absolute Gasteiger partial charge is 0.262 e. The van der Waals surface area contributed by atoms with E-state index in [1.54, 1.807) is 30.3 Å². The van der Waals surface area contributed by atoms with E-state index in [1.165, 1.54) is 0 Å². The lowest BCUT2D eigenvalue weighted by atomic mass is 10.1. The molecule has 0 radical (unpaired) electrons. The summed E-state index contributed by atoms with van der Waals surface area (Å²) in [6.07, 6.45) is 1.13. The molecule has 0 aromatic heterocycles. The van der Waals surface area contributed by atoms with Crippen LogP contribution in [0, 0.1) is 13.8 Å². The van der Waals surface area contributed by atoms with Gasteiger partial charge in [-0.25, -0.2) is 0 Å². The fourth-order valence-corrected chi connectivity index (χ4v) is 2.88. The maximum absolute atomic E-state index is 12.1. The van der Waals surface area contributed by atoms with Crippen molar-refractivity contribution in [1.29, 1.82) is 0 Å². The summed E-state index contributed by atoms with van der Waals surface area (Å²) in [5, 5.41) is 14.6. The van der Waals surface area contributed by atoms with E-state index in [1.807, 2.05) is 13.8 Å². The van der Waals surface area contributed by atoms with Gasteiger partial charge in [0.05, 0.1) is 11.7 Å². The molecular weight excluding hydrogens is 413 g/mol. The molecule has 1 N–H and O–H groups in total. The number of carbonyl (C=O) groups excluding carboxylic acids is 2. The molecule has 0 bridgehead atoms. The number of amides is 1. The van der Waals surface area contributed by atoms with Crippen LogP contribution in [-0.2, 0) is 9.59 Å². The number of carbonyl (C=O) groups is 2. The second kappa shape index (κ2) is 9.13. The van der Waals surface area contributed by atoms with Gasteiger partial charge < -0.3 is 20.0 Å². The van der Waals surface area contributed by atoms with Crippen LogP contribution in [0.25, 0.3) is 6.08 Å². The minimum absolute atomic E-state index is 0.235. The Morgan fingerprint density at radius 1 is 1.11 bits per heavy atom. The molecule has 0 aliphatic carbocycles. The van der Waals surface area contributed by atoms with Crippen LogP contribution in [0.1, 0.15) is 16.7 Å². The van der Waals surface area contributed by atoms with E-state index in [9.17, 15) is 14.7 Å². The number of carboxylic acids is 1. The van der Waals surface area contributed by atoms with Gasteiger partial charge in [0.25, 0.3) is 5.91 Å². The van der Waals surface area contributed by atoms with E-state index in [4.69, 9.17) is 39.5 Å². The molecule has 142 valence electrons. The van der Waals surface area contributed by atoms with Crippen molar-refractivity contribution in [2.24, 2.45) is 0 Å². The van der Waals surface area contributed by atoms with Crippen molar-refractivity contribution in [2.45, 2.75) is 13.8 Å². The fraction of sp³-hybridized carbons (Fsp3) is 0.158. The highest BCUT2D eigenvalue weighted by atomic mass is 35.5. The molecule has 27 heavy (non-hydrogen) atoms. The molecule has 0 aliphatic rings. The molecular formula is C19H15Cl3NO4-. The highest BCUT2D eigenvalue weighted by Gasteiger charge is 2.11. The number of halogens is 3. The molecule has 0 aliphatic heterocycles. The standard InChI is InChI=1S/C19H16Cl3NO4/c1-10-6-12(7-11(2)18(10)22)27-9-17(24)23-16(19(25)26)8-13-14(20)4-3-5-15(13)21/h3-8H,9H2,1-2H3,(H,23,24)(H,25,26)/p-1/b16-8+. The van der Waals surface area contributed by atoms with E-state index in [0.717, 1.165) is 17.2 Å². The molecule has 1 amide bonds. The molecule has 0 saturated carbocycles. The Morgan fingerprint density at radius 3 is 2.19 bits per heavy atom. The van der Waals surface area contributed by atoms with E-state index in [-0.39, 0.29) is 15.6 Å². The molecule has 0 unspecified atom stereocenters. The third kappa shape index (κ3) is 5.63. The Hall–Kier alpha value is -2.21. The average molecular weight is 428 g/mol. The summed E-state index contributed by atoms with van der Waals surface area (Å²) >= 11 is 18.1. The number of nitrogens with one attached hydrogen (secondary N) is 1. The summed E-state index contributed by atoms with van der Waals surface area (Å²) in [6.45, 7) is 3.22. The largest absolute Gasteiger partial charge is 0.543 e. The number of rotatable bonds is 6. The predicted molar refractivity (Wildman–Crippen MR) is 104 cm³/mol. The first-order chi connectivity index (χ1) is 12.7. The summed E-state index contributed by atoms with van der Waals surface area (Å²) in [5.41, 5.74) is 1.37. The Kier molecular flexibility index (Phi) is 7.13. The maximum Gasteiger partial charge on any atom is 0.262 e. The summed E-state index contributed by atoms with van der Waals surface area (Å²) in [4.78, 5) is 23.4. The van der Waals surface area contributed by atoms with Gasteiger partial charge in [-0.05, 0) is 55.3 Å².